The van der Waals surface area contributed by atoms with Crippen molar-refractivity contribution in [2.45, 2.75) is 30.8 Å². The maximum Gasteiger partial charge on any atom is 0.251 e. The van der Waals surface area contributed by atoms with Gasteiger partial charge in [-0.2, -0.15) is 0 Å². The number of carbonyl (C=O) groups excluding carboxylic acids is 2. The second-order valence-corrected chi connectivity index (χ2v) is 12.6. The monoisotopic (exact) mass is 654 g/mol. The number of anilines is 1. The Labute approximate surface area is 267 Å². The molecule has 0 saturated carbocycles. The molecule has 43 heavy (non-hydrogen) atoms. The van der Waals surface area contributed by atoms with E-state index in [1.54, 1.807) is 12.1 Å². The lowest BCUT2D eigenvalue weighted by atomic mass is 10.1. The lowest BCUT2D eigenvalue weighted by molar-refractivity contribution is -0.127. The first-order chi connectivity index (χ1) is 20.7. The van der Waals surface area contributed by atoms with E-state index in [1.165, 1.54) is 35.0 Å². The number of thioether (sulfide) groups is 1. The van der Waals surface area contributed by atoms with E-state index in [0.717, 1.165) is 32.6 Å². The number of para-hydroxylation sites is 1. The zero-order valence-corrected chi connectivity index (χ0v) is 26.7. The lowest BCUT2D eigenvalue weighted by Gasteiger charge is -2.23. The Morgan fingerprint density at radius 1 is 1.07 bits per heavy atom. The van der Waals surface area contributed by atoms with Gasteiger partial charge in [0.25, 0.3) is 5.91 Å². The molecule has 8 nitrogen and oxygen atoms in total. The highest BCUT2D eigenvalue weighted by Gasteiger charge is 2.28. The molecule has 0 aliphatic carbocycles. The summed E-state index contributed by atoms with van der Waals surface area (Å²) in [4.78, 5) is 36.6. The number of hydrogen-bond donors (Lipinski definition) is 1. The molecule has 222 valence electrons. The number of Topliss-reactive ketones (excluding diaryl/α,β-unsaturated/α-hetero) is 1. The van der Waals surface area contributed by atoms with Gasteiger partial charge in [-0.15, -0.1) is 11.3 Å². The van der Waals surface area contributed by atoms with Crippen molar-refractivity contribution in [2.24, 2.45) is 5.73 Å². The Bertz CT molecular complexity index is 1830. The Balaban J connectivity index is 1.26. The molecular weight excluding hydrogens is 627 g/mol. The SMILES string of the molecule is CCOc1ccc2nc(SCC(=O)[C@H](N)C(=O)N(C)c3ccc(Cl)c(COc4cccc5ccc(C)nc45)c3Cl)sc2c1. The van der Waals surface area contributed by atoms with Crippen molar-refractivity contribution in [3.8, 4) is 11.5 Å². The van der Waals surface area contributed by atoms with Crippen LogP contribution >= 0.6 is 46.3 Å². The van der Waals surface area contributed by atoms with Crippen LogP contribution in [0.1, 0.15) is 18.2 Å². The summed E-state index contributed by atoms with van der Waals surface area (Å²) in [5.41, 5.74) is 9.37. The number of carbonyl (C=O) groups is 2. The predicted octanol–water partition coefficient (Wildman–Crippen LogP) is 7.09. The van der Waals surface area contributed by atoms with Gasteiger partial charge in [-0.3, -0.25) is 9.59 Å². The highest BCUT2D eigenvalue weighted by atomic mass is 35.5. The van der Waals surface area contributed by atoms with Crippen LogP contribution in [0, 0.1) is 6.92 Å². The predicted molar refractivity (Wildman–Crippen MR) is 175 cm³/mol. The molecule has 0 bridgehead atoms. The number of hydrogen-bond acceptors (Lipinski definition) is 9. The van der Waals surface area contributed by atoms with E-state index in [-0.39, 0.29) is 17.4 Å². The summed E-state index contributed by atoms with van der Waals surface area (Å²) < 4.78 is 13.3. The molecule has 2 heterocycles. The average Bonchev–Trinajstić information content (AvgIpc) is 3.41. The third kappa shape index (κ3) is 6.89. The maximum atomic E-state index is 13.3. The van der Waals surface area contributed by atoms with Gasteiger partial charge in [0.15, 0.2) is 10.1 Å². The molecule has 2 N–H and O–H groups in total. The summed E-state index contributed by atoms with van der Waals surface area (Å²) in [5, 5.41) is 1.54. The number of rotatable bonds is 11. The number of fused-ring (bicyclic) bond motifs is 2. The van der Waals surface area contributed by atoms with Crippen molar-refractivity contribution in [3.05, 3.63) is 82.0 Å². The van der Waals surface area contributed by atoms with Crippen LogP contribution in [0.25, 0.3) is 21.1 Å². The van der Waals surface area contributed by atoms with E-state index in [0.29, 0.717) is 33.0 Å². The van der Waals surface area contributed by atoms with Crippen LogP contribution in [0.3, 0.4) is 0 Å². The largest absolute Gasteiger partial charge is 0.494 e. The normalized spacial score (nSPS) is 12.0. The van der Waals surface area contributed by atoms with Crippen LogP contribution in [0.15, 0.2) is 65.0 Å². The highest BCUT2D eigenvalue weighted by Crippen LogP contribution is 2.36. The quantitative estimate of drug-likeness (QED) is 0.119. The molecule has 0 aliphatic rings. The van der Waals surface area contributed by atoms with Crippen molar-refractivity contribution in [1.29, 1.82) is 0 Å². The Hall–Kier alpha value is -3.41. The fourth-order valence-corrected chi connectivity index (χ4v) is 6.97. The minimum atomic E-state index is -1.38. The van der Waals surface area contributed by atoms with Crippen LogP contribution in [0.2, 0.25) is 10.0 Å². The van der Waals surface area contributed by atoms with Gasteiger partial charge in [0, 0.05) is 28.7 Å². The van der Waals surface area contributed by atoms with Crippen LogP contribution in [0.5, 0.6) is 11.5 Å². The molecule has 12 heteroatoms. The Morgan fingerprint density at radius 3 is 2.67 bits per heavy atom. The zero-order valence-electron chi connectivity index (χ0n) is 23.6. The lowest BCUT2D eigenvalue weighted by Crippen LogP contribution is -2.47. The maximum absolute atomic E-state index is 13.3. The molecule has 0 radical (unpaired) electrons. The number of thiazole rings is 1. The topological polar surface area (TPSA) is 108 Å². The highest BCUT2D eigenvalue weighted by molar-refractivity contribution is 8.01. The number of aryl methyl sites for hydroxylation is 1. The molecule has 5 aromatic rings. The van der Waals surface area contributed by atoms with Gasteiger partial charge in [-0.05, 0) is 56.3 Å². The van der Waals surface area contributed by atoms with E-state index in [4.69, 9.17) is 38.4 Å². The number of likely N-dealkylation sites (N-methyl/N-ethyl adjacent to an activating group) is 1. The first-order valence-corrected chi connectivity index (χ1v) is 15.9. The minimum Gasteiger partial charge on any atom is -0.494 e. The van der Waals surface area contributed by atoms with Gasteiger partial charge in [0.1, 0.15) is 29.7 Å². The number of amides is 1. The van der Waals surface area contributed by atoms with Crippen LogP contribution in [0.4, 0.5) is 5.69 Å². The summed E-state index contributed by atoms with van der Waals surface area (Å²) in [6, 6.07) is 17.1. The van der Waals surface area contributed by atoms with Gasteiger partial charge >= 0.3 is 0 Å². The summed E-state index contributed by atoms with van der Waals surface area (Å²) in [5.74, 6) is 0.309. The first-order valence-electron chi connectivity index (χ1n) is 13.3. The molecule has 0 fully saturated rings. The first kappa shape index (κ1) is 31.0. The minimum absolute atomic E-state index is 0.00906. The van der Waals surface area contributed by atoms with E-state index < -0.39 is 17.7 Å². The van der Waals surface area contributed by atoms with E-state index >= 15 is 0 Å². The molecule has 0 spiro atoms. The molecule has 2 aromatic heterocycles. The van der Waals surface area contributed by atoms with Crippen molar-refractivity contribution in [2.75, 3.05) is 24.3 Å². The van der Waals surface area contributed by atoms with E-state index in [2.05, 4.69) is 9.97 Å². The molecule has 0 aliphatic heterocycles. The van der Waals surface area contributed by atoms with Crippen molar-refractivity contribution >= 4 is 84.8 Å². The number of ketones is 1. The van der Waals surface area contributed by atoms with Crippen LogP contribution < -0.4 is 20.1 Å². The summed E-state index contributed by atoms with van der Waals surface area (Å²) in [6.45, 7) is 4.44. The molecule has 5 rings (SSSR count). The number of halogens is 2. The molecular formula is C31H28Cl2N4O4S2. The van der Waals surface area contributed by atoms with Gasteiger partial charge in [0.2, 0.25) is 0 Å². The molecule has 0 unspecified atom stereocenters. The molecule has 0 saturated heterocycles. The van der Waals surface area contributed by atoms with Gasteiger partial charge < -0.3 is 20.1 Å². The van der Waals surface area contributed by atoms with Crippen LogP contribution in [-0.4, -0.2) is 47.1 Å². The molecule has 3 aromatic carbocycles. The zero-order chi connectivity index (χ0) is 30.7. The Morgan fingerprint density at radius 2 is 1.88 bits per heavy atom. The number of aromatic nitrogens is 2. The van der Waals surface area contributed by atoms with Crippen molar-refractivity contribution in [3.63, 3.8) is 0 Å². The molecule has 1 atom stereocenters. The standard InChI is InChI=1S/C31H28Cl2N4O4S2/c1-4-40-19-10-12-22-26(14-19)43-31(36-22)42-16-24(38)28(34)30(39)37(3)23-13-11-21(32)20(27(23)33)15-41-25-7-5-6-18-9-8-17(2)35-29(18)25/h5-14,28H,4,15-16,34H2,1-3H3/t28-/m0/s1. The number of pyridine rings is 1. The van der Waals surface area contributed by atoms with Crippen LogP contribution in [-0.2, 0) is 16.2 Å². The van der Waals surface area contributed by atoms with Crippen molar-refractivity contribution in [1.82, 2.24) is 9.97 Å². The van der Waals surface area contributed by atoms with E-state index in [9.17, 15) is 9.59 Å². The number of nitrogens with two attached hydrogens (primary N) is 1. The summed E-state index contributed by atoms with van der Waals surface area (Å²) >= 11 is 15.9. The fraction of sp³-hybridized carbons (Fsp3) is 0.226. The number of ether oxygens (including phenoxy) is 2. The fourth-order valence-electron chi connectivity index (χ4n) is 4.35. The van der Waals surface area contributed by atoms with E-state index in [1.807, 2.05) is 62.4 Å². The second-order valence-electron chi connectivity index (χ2n) is 9.60. The summed E-state index contributed by atoms with van der Waals surface area (Å²) in [7, 11) is 1.52. The smallest absolute Gasteiger partial charge is 0.251 e. The second kappa shape index (κ2) is 13.5. The van der Waals surface area contributed by atoms with Gasteiger partial charge in [-0.1, -0.05) is 53.2 Å². The van der Waals surface area contributed by atoms with Crippen molar-refractivity contribution < 1.29 is 19.1 Å². The third-order valence-electron chi connectivity index (χ3n) is 6.65. The average molecular weight is 656 g/mol. The Kier molecular flexibility index (Phi) is 9.73. The number of nitrogens with zero attached hydrogens (tertiary/aromatic N) is 3. The number of benzene rings is 3. The van der Waals surface area contributed by atoms with Gasteiger partial charge in [0.05, 0.1) is 33.3 Å². The summed E-state index contributed by atoms with van der Waals surface area (Å²) in [6.07, 6.45) is 0. The third-order valence-corrected chi connectivity index (χ3v) is 9.61. The molecule has 1 amide bonds. The van der Waals surface area contributed by atoms with Gasteiger partial charge in [-0.25, -0.2) is 9.97 Å².